The summed E-state index contributed by atoms with van der Waals surface area (Å²) < 4.78 is 10.3. The molecule has 0 aromatic heterocycles. The third kappa shape index (κ3) is 4.03. The number of hydrogen-bond acceptors (Lipinski definition) is 3. The van der Waals surface area contributed by atoms with Crippen molar-refractivity contribution < 1.29 is 14.3 Å². The summed E-state index contributed by atoms with van der Waals surface area (Å²) in [7, 11) is 3.08. The highest BCUT2D eigenvalue weighted by molar-refractivity contribution is 6.18. The van der Waals surface area contributed by atoms with E-state index < -0.39 is 0 Å². The van der Waals surface area contributed by atoms with Gasteiger partial charge < -0.3 is 14.8 Å². The minimum absolute atomic E-state index is 0.0786. The number of carbonyl (C=O) groups is 1. The SMILES string of the molecule is COc1ccc(OC)c(C(=O)NC(CCl)C(C)C)c1. The number of carbonyl (C=O) groups excluding carboxylic acids is 1. The maximum Gasteiger partial charge on any atom is 0.255 e. The lowest BCUT2D eigenvalue weighted by Gasteiger charge is -2.20. The van der Waals surface area contributed by atoms with Crippen molar-refractivity contribution >= 4 is 17.5 Å². The summed E-state index contributed by atoms with van der Waals surface area (Å²) in [4.78, 5) is 12.3. The zero-order valence-corrected chi connectivity index (χ0v) is 12.5. The summed E-state index contributed by atoms with van der Waals surface area (Å²) in [5.74, 6) is 1.54. The Morgan fingerprint density at radius 2 is 2.00 bits per heavy atom. The lowest BCUT2D eigenvalue weighted by Crippen LogP contribution is -2.40. The van der Waals surface area contributed by atoms with E-state index in [-0.39, 0.29) is 17.9 Å². The predicted molar refractivity (Wildman–Crippen MR) is 76.4 cm³/mol. The monoisotopic (exact) mass is 285 g/mol. The molecule has 1 amide bonds. The van der Waals surface area contributed by atoms with Gasteiger partial charge >= 0.3 is 0 Å². The molecule has 0 aliphatic carbocycles. The fourth-order valence-corrected chi connectivity index (χ4v) is 2.05. The largest absolute Gasteiger partial charge is 0.497 e. The van der Waals surface area contributed by atoms with Crippen molar-refractivity contribution in [3.63, 3.8) is 0 Å². The number of amides is 1. The molecule has 19 heavy (non-hydrogen) atoms. The van der Waals surface area contributed by atoms with Gasteiger partial charge in [0, 0.05) is 11.9 Å². The lowest BCUT2D eigenvalue weighted by molar-refractivity contribution is 0.0927. The zero-order valence-electron chi connectivity index (χ0n) is 11.7. The molecule has 1 unspecified atom stereocenters. The first-order chi connectivity index (χ1) is 9.03. The van der Waals surface area contributed by atoms with Crippen molar-refractivity contribution in [2.24, 2.45) is 5.92 Å². The normalized spacial score (nSPS) is 12.1. The topological polar surface area (TPSA) is 47.6 Å². The molecule has 0 spiro atoms. The second-order valence-corrected chi connectivity index (χ2v) is 4.85. The molecular weight excluding hydrogens is 266 g/mol. The van der Waals surface area contributed by atoms with Gasteiger partial charge in [0.25, 0.3) is 5.91 Å². The molecular formula is C14H20ClNO3. The summed E-state index contributed by atoms with van der Waals surface area (Å²) in [5, 5.41) is 2.90. The molecule has 0 fully saturated rings. The number of nitrogens with one attached hydrogen (secondary N) is 1. The molecule has 0 aliphatic rings. The quantitative estimate of drug-likeness (QED) is 0.818. The highest BCUT2D eigenvalue weighted by Crippen LogP contribution is 2.24. The van der Waals surface area contributed by atoms with Crippen molar-refractivity contribution in [1.29, 1.82) is 0 Å². The van der Waals surface area contributed by atoms with Gasteiger partial charge in [-0.1, -0.05) is 13.8 Å². The first-order valence-electron chi connectivity index (χ1n) is 6.12. The molecule has 1 aromatic rings. The van der Waals surface area contributed by atoms with Crippen LogP contribution in [-0.4, -0.2) is 32.0 Å². The van der Waals surface area contributed by atoms with Crippen molar-refractivity contribution in [2.45, 2.75) is 19.9 Å². The number of methoxy groups -OCH3 is 2. The van der Waals surface area contributed by atoms with E-state index in [2.05, 4.69) is 5.32 Å². The van der Waals surface area contributed by atoms with Gasteiger partial charge in [-0.15, -0.1) is 11.6 Å². The van der Waals surface area contributed by atoms with Crippen molar-refractivity contribution in [3.05, 3.63) is 23.8 Å². The second-order valence-electron chi connectivity index (χ2n) is 4.54. The fraction of sp³-hybridized carbons (Fsp3) is 0.500. The van der Waals surface area contributed by atoms with Crippen molar-refractivity contribution in [2.75, 3.05) is 20.1 Å². The van der Waals surface area contributed by atoms with E-state index in [0.29, 0.717) is 22.9 Å². The third-order valence-corrected chi connectivity index (χ3v) is 3.27. The van der Waals surface area contributed by atoms with Crippen LogP contribution in [0.3, 0.4) is 0 Å². The number of hydrogen-bond donors (Lipinski definition) is 1. The molecule has 5 heteroatoms. The van der Waals surface area contributed by atoms with E-state index in [4.69, 9.17) is 21.1 Å². The summed E-state index contributed by atoms with van der Waals surface area (Å²) in [6, 6.07) is 5.03. The average Bonchev–Trinajstić information content (AvgIpc) is 2.43. The van der Waals surface area contributed by atoms with Crippen LogP contribution in [0.4, 0.5) is 0 Å². The highest BCUT2D eigenvalue weighted by atomic mass is 35.5. The van der Waals surface area contributed by atoms with E-state index in [1.54, 1.807) is 25.3 Å². The molecule has 0 saturated carbocycles. The van der Waals surface area contributed by atoms with Crippen LogP contribution in [0.2, 0.25) is 0 Å². The number of ether oxygens (including phenoxy) is 2. The van der Waals surface area contributed by atoms with Gasteiger partial charge in [0.1, 0.15) is 11.5 Å². The molecule has 1 aromatic carbocycles. The number of rotatable bonds is 6. The van der Waals surface area contributed by atoms with Gasteiger partial charge in [-0.05, 0) is 24.1 Å². The van der Waals surface area contributed by atoms with Crippen LogP contribution in [0.1, 0.15) is 24.2 Å². The number of benzene rings is 1. The van der Waals surface area contributed by atoms with E-state index in [1.807, 2.05) is 13.8 Å². The molecule has 0 heterocycles. The predicted octanol–water partition coefficient (Wildman–Crippen LogP) is 2.70. The molecule has 0 saturated heterocycles. The van der Waals surface area contributed by atoms with Crippen LogP contribution < -0.4 is 14.8 Å². The van der Waals surface area contributed by atoms with Crippen LogP contribution in [0.15, 0.2) is 18.2 Å². The Labute approximate surface area is 119 Å². The van der Waals surface area contributed by atoms with Gasteiger partial charge in [0.2, 0.25) is 0 Å². The first-order valence-corrected chi connectivity index (χ1v) is 6.65. The second kappa shape index (κ2) is 7.24. The van der Waals surface area contributed by atoms with Crippen LogP contribution in [0, 0.1) is 5.92 Å². The minimum atomic E-state index is -0.213. The molecule has 1 N–H and O–H groups in total. The van der Waals surface area contributed by atoms with Crippen LogP contribution >= 0.6 is 11.6 Å². The van der Waals surface area contributed by atoms with Gasteiger partial charge in [0.05, 0.1) is 19.8 Å². The first kappa shape index (κ1) is 15.6. The molecule has 0 bridgehead atoms. The molecule has 1 atom stereocenters. The smallest absolute Gasteiger partial charge is 0.255 e. The molecule has 0 aliphatic heterocycles. The molecule has 1 rings (SSSR count). The Morgan fingerprint density at radius 1 is 1.32 bits per heavy atom. The standard InChI is InChI=1S/C14H20ClNO3/c1-9(2)12(8-15)16-14(17)11-7-10(18-3)5-6-13(11)19-4/h5-7,9,12H,8H2,1-4H3,(H,16,17). The summed E-state index contributed by atoms with van der Waals surface area (Å²) in [5.41, 5.74) is 0.442. The number of alkyl halides is 1. The Kier molecular flexibility index (Phi) is 5.96. The Balaban J connectivity index is 2.97. The van der Waals surface area contributed by atoms with Gasteiger partial charge in [-0.2, -0.15) is 0 Å². The van der Waals surface area contributed by atoms with E-state index in [9.17, 15) is 4.79 Å². The van der Waals surface area contributed by atoms with Gasteiger partial charge in [-0.3, -0.25) is 4.79 Å². The van der Waals surface area contributed by atoms with Gasteiger partial charge in [0.15, 0.2) is 0 Å². The Morgan fingerprint density at radius 3 is 2.47 bits per heavy atom. The van der Waals surface area contributed by atoms with Crippen LogP contribution in [0.5, 0.6) is 11.5 Å². The lowest BCUT2D eigenvalue weighted by atomic mass is 10.1. The van der Waals surface area contributed by atoms with E-state index in [1.165, 1.54) is 7.11 Å². The third-order valence-electron chi connectivity index (χ3n) is 2.94. The van der Waals surface area contributed by atoms with E-state index in [0.717, 1.165) is 0 Å². The highest BCUT2D eigenvalue weighted by Gasteiger charge is 2.19. The number of halogens is 1. The molecule has 4 nitrogen and oxygen atoms in total. The fourth-order valence-electron chi connectivity index (χ4n) is 1.62. The van der Waals surface area contributed by atoms with Gasteiger partial charge in [-0.25, -0.2) is 0 Å². The zero-order chi connectivity index (χ0) is 14.4. The van der Waals surface area contributed by atoms with Crippen LogP contribution in [0.25, 0.3) is 0 Å². The minimum Gasteiger partial charge on any atom is -0.497 e. The maximum atomic E-state index is 12.3. The summed E-state index contributed by atoms with van der Waals surface area (Å²) >= 11 is 5.86. The summed E-state index contributed by atoms with van der Waals surface area (Å²) in [6.45, 7) is 4.02. The molecule has 106 valence electrons. The van der Waals surface area contributed by atoms with Crippen molar-refractivity contribution in [1.82, 2.24) is 5.32 Å². The van der Waals surface area contributed by atoms with E-state index >= 15 is 0 Å². The summed E-state index contributed by atoms with van der Waals surface area (Å²) in [6.07, 6.45) is 0. The average molecular weight is 286 g/mol. The Bertz CT molecular complexity index is 435. The van der Waals surface area contributed by atoms with Crippen molar-refractivity contribution in [3.8, 4) is 11.5 Å². The maximum absolute atomic E-state index is 12.3. The van der Waals surface area contributed by atoms with Crippen LogP contribution in [-0.2, 0) is 0 Å². The Hall–Kier alpha value is -1.42. The molecule has 0 radical (unpaired) electrons.